The van der Waals surface area contributed by atoms with Crippen LogP contribution in [0.1, 0.15) is 18.9 Å². The van der Waals surface area contributed by atoms with Crippen LogP contribution in [0.2, 0.25) is 0 Å². The number of halogens is 1. The number of hydrogen-bond acceptors (Lipinski definition) is 3. The molecule has 0 aromatic heterocycles. The van der Waals surface area contributed by atoms with Crippen LogP contribution >= 0.6 is 23.5 Å². The number of carbonyl (C=O) groups excluding carboxylic acids is 1. The van der Waals surface area contributed by atoms with Gasteiger partial charge in [-0.05, 0) is 24.1 Å². The van der Waals surface area contributed by atoms with Crippen LogP contribution in [0.25, 0.3) is 0 Å². The Morgan fingerprint density at radius 3 is 2.61 bits per heavy atom. The predicted octanol–water partition coefficient (Wildman–Crippen LogP) is 3.56. The first kappa shape index (κ1) is 13.9. The van der Waals surface area contributed by atoms with Gasteiger partial charge in [-0.15, -0.1) is 11.8 Å². The molecule has 0 bridgehead atoms. The van der Waals surface area contributed by atoms with Gasteiger partial charge in [0.25, 0.3) is 0 Å². The van der Waals surface area contributed by atoms with Crippen molar-refractivity contribution >= 4 is 29.3 Å². The number of thioether (sulfide) groups is 2. The van der Waals surface area contributed by atoms with Crippen LogP contribution < -0.4 is 0 Å². The minimum atomic E-state index is -0.250. The normalized spacial score (nSPS) is 23.9. The van der Waals surface area contributed by atoms with Crippen LogP contribution in [0, 0.1) is 5.82 Å². The average Bonchev–Trinajstić information content (AvgIpc) is 2.41. The third-order valence-corrected chi connectivity index (χ3v) is 6.36. The monoisotopic (exact) mass is 284 g/mol. The molecule has 1 aromatic rings. The Balaban J connectivity index is 2.00. The van der Waals surface area contributed by atoms with Crippen LogP contribution in [-0.4, -0.2) is 27.8 Å². The molecule has 1 aromatic carbocycles. The maximum atomic E-state index is 12.8. The van der Waals surface area contributed by atoms with Gasteiger partial charge < -0.3 is 0 Å². The highest BCUT2D eigenvalue weighted by Gasteiger charge is 2.30. The molecule has 2 rings (SSSR count). The zero-order valence-electron chi connectivity index (χ0n) is 10.4. The smallest absolute Gasteiger partial charge is 0.151 e. The Morgan fingerprint density at radius 1 is 1.28 bits per heavy atom. The highest BCUT2D eigenvalue weighted by molar-refractivity contribution is 8.07. The lowest BCUT2D eigenvalue weighted by Gasteiger charge is -2.28. The van der Waals surface area contributed by atoms with Crippen molar-refractivity contribution in [1.82, 2.24) is 0 Å². The summed E-state index contributed by atoms with van der Waals surface area (Å²) in [5.41, 5.74) is 0.910. The van der Waals surface area contributed by atoms with Crippen molar-refractivity contribution in [2.24, 2.45) is 0 Å². The Hall–Kier alpha value is -0.480. The maximum absolute atomic E-state index is 12.8. The fourth-order valence-electron chi connectivity index (χ4n) is 2.11. The SMILES string of the molecule is CCC1SCCSC1C(=O)Cc1ccc(F)cc1. The van der Waals surface area contributed by atoms with E-state index in [-0.39, 0.29) is 16.9 Å². The molecule has 18 heavy (non-hydrogen) atoms. The number of ketones is 1. The fourth-order valence-corrected chi connectivity index (χ4v) is 5.14. The number of hydrogen-bond donors (Lipinski definition) is 0. The fraction of sp³-hybridized carbons (Fsp3) is 0.500. The first-order chi connectivity index (χ1) is 8.70. The first-order valence-corrected chi connectivity index (χ1v) is 8.31. The van der Waals surface area contributed by atoms with Crippen molar-refractivity contribution in [2.45, 2.75) is 30.3 Å². The van der Waals surface area contributed by atoms with Crippen LogP contribution in [0.15, 0.2) is 24.3 Å². The summed E-state index contributed by atoms with van der Waals surface area (Å²) in [6.45, 7) is 2.14. The molecule has 1 aliphatic heterocycles. The summed E-state index contributed by atoms with van der Waals surface area (Å²) < 4.78 is 12.8. The van der Waals surface area contributed by atoms with Gasteiger partial charge in [-0.25, -0.2) is 4.39 Å². The lowest BCUT2D eigenvalue weighted by Crippen LogP contribution is -2.33. The molecule has 0 amide bonds. The average molecular weight is 284 g/mol. The van der Waals surface area contributed by atoms with Gasteiger partial charge in [-0.2, -0.15) is 11.8 Å². The van der Waals surface area contributed by atoms with Gasteiger partial charge in [-0.1, -0.05) is 19.1 Å². The molecule has 1 saturated heterocycles. The van der Waals surface area contributed by atoms with Crippen molar-refractivity contribution in [3.8, 4) is 0 Å². The second-order valence-corrected chi connectivity index (χ2v) is 6.97. The molecule has 0 saturated carbocycles. The summed E-state index contributed by atoms with van der Waals surface area (Å²) in [5, 5.41) is 0.551. The molecule has 0 spiro atoms. The van der Waals surface area contributed by atoms with Crippen molar-refractivity contribution in [2.75, 3.05) is 11.5 Å². The van der Waals surface area contributed by atoms with E-state index in [1.165, 1.54) is 12.1 Å². The van der Waals surface area contributed by atoms with E-state index in [2.05, 4.69) is 6.92 Å². The zero-order chi connectivity index (χ0) is 13.0. The molecule has 1 fully saturated rings. The molecule has 2 atom stereocenters. The van der Waals surface area contributed by atoms with Crippen LogP contribution in [0.5, 0.6) is 0 Å². The van der Waals surface area contributed by atoms with Crippen molar-refractivity contribution < 1.29 is 9.18 Å². The summed E-state index contributed by atoms with van der Waals surface area (Å²) in [5.74, 6) is 2.23. The van der Waals surface area contributed by atoms with E-state index < -0.39 is 0 Å². The largest absolute Gasteiger partial charge is 0.298 e. The van der Waals surface area contributed by atoms with Crippen molar-refractivity contribution in [1.29, 1.82) is 0 Å². The lowest BCUT2D eigenvalue weighted by atomic mass is 10.0. The summed E-state index contributed by atoms with van der Waals surface area (Å²) in [4.78, 5) is 12.3. The van der Waals surface area contributed by atoms with Gasteiger partial charge in [0.15, 0.2) is 5.78 Å². The van der Waals surface area contributed by atoms with E-state index in [1.54, 1.807) is 23.9 Å². The quantitative estimate of drug-likeness (QED) is 0.841. The minimum Gasteiger partial charge on any atom is -0.298 e. The Kier molecular flexibility index (Phi) is 5.13. The van der Waals surface area contributed by atoms with Gasteiger partial charge in [0.2, 0.25) is 0 Å². The summed E-state index contributed by atoms with van der Waals surface area (Å²) >= 11 is 3.69. The molecule has 1 heterocycles. The molecular formula is C14H17FOS2. The zero-order valence-corrected chi connectivity index (χ0v) is 12.0. The Morgan fingerprint density at radius 2 is 1.94 bits per heavy atom. The Bertz CT molecular complexity index is 405. The molecule has 0 radical (unpaired) electrons. The third kappa shape index (κ3) is 3.51. The predicted molar refractivity (Wildman–Crippen MR) is 77.9 cm³/mol. The van der Waals surface area contributed by atoms with Crippen LogP contribution in [0.3, 0.4) is 0 Å². The van der Waals surface area contributed by atoms with Crippen LogP contribution in [0.4, 0.5) is 4.39 Å². The molecule has 0 aliphatic carbocycles. The molecule has 2 unspecified atom stereocenters. The van der Waals surface area contributed by atoms with E-state index in [0.717, 1.165) is 23.5 Å². The molecule has 0 N–H and O–H groups in total. The van der Waals surface area contributed by atoms with Gasteiger partial charge in [0, 0.05) is 23.2 Å². The minimum absolute atomic E-state index is 0.110. The maximum Gasteiger partial charge on any atom is 0.151 e. The van der Waals surface area contributed by atoms with Crippen molar-refractivity contribution in [3.05, 3.63) is 35.6 Å². The topological polar surface area (TPSA) is 17.1 Å². The molecule has 98 valence electrons. The van der Waals surface area contributed by atoms with Crippen molar-refractivity contribution in [3.63, 3.8) is 0 Å². The van der Waals surface area contributed by atoms with Gasteiger partial charge in [-0.3, -0.25) is 4.79 Å². The summed E-state index contributed by atoms with van der Waals surface area (Å²) in [6, 6.07) is 6.25. The van der Waals surface area contributed by atoms with Crippen LogP contribution in [-0.2, 0) is 11.2 Å². The number of rotatable bonds is 4. The molecule has 4 heteroatoms. The standard InChI is InChI=1S/C14H17FOS2/c1-2-13-14(18-8-7-17-13)12(16)9-10-3-5-11(15)6-4-10/h3-6,13-14H,2,7-9H2,1H3. The van der Waals surface area contributed by atoms with E-state index in [0.29, 0.717) is 11.7 Å². The first-order valence-electron chi connectivity index (χ1n) is 6.21. The molecule has 1 aliphatic rings. The number of benzene rings is 1. The highest BCUT2D eigenvalue weighted by atomic mass is 32.2. The van der Waals surface area contributed by atoms with E-state index in [4.69, 9.17) is 0 Å². The van der Waals surface area contributed by atoms with E-state index >= 15 is 0 Å². The highest BCUT2D eigenvalue weighted by Crippen LogP contribution is 2.34. The second kappa shape index (κ2) is 6.62. The van der Waals surface area contributed by atoms with Gasteiger partial charge in [0.1, 0.15) is 5.82 Å². The van der Waals surface area contributed by atoms with Gasteiger partial charge >= 0.3 is 0 Å². The van der Waals surface area contributed by atoms with Gasteiger partial charge in [0.05, 0.1) is 5.25 Å². The lowest BCUT2D eigenvalue weighted by molar-refractivity contribution is -0.117. The molecule has 1 nitrogen and oxygen atoms in total. The van der Waals surface area contributed by atoms with E-state index in [1.807, 2.05) is 11.8 Å². The third-order valence-electron chi connectivity index (χ3n) is 3.06. The summed E-state index contributed by atoms with van der Waals surface area (Å²) in [7, 11) is 0. The Labute approximate surface area is 116 Å². The molecular weight excluding hydrogens is 267 g/mol. The number of Topliss-reactive ketones (excluding diaryl/α,β-unsaturated/α-hetero) is 1. The summed E-state index contributed by atoms with van der Waals surface area (Å²) in [6.07, 6.45) is 1.46. The van der Waals surface area contributed by atoms with E-state index in [9.17, 15) is 9.18 Å². The number of carbonyl (C=O) groups is 1. The second-order valence-electron chi connectivity index (χ2n) is 4.38.